The van der Waals surface area contributed by atoms with Crippen LogP contribution >= 0.6 is 0 Å². The summed E-state index contributed by atoms with van der Waals surface area (Å²) in [4.78, 5) is 243. The standard InChI is InChI=1S/C54H81N15O21/c1-58(24-36(55)70)43(77)25-59(2)44(78)26-60(3)45(79)27-61(4)46(80)28-62(5)47(81)29-63(6)48(82)30-64(7)49(83)31-65(8)50(84)32-66(9)51(85)33-67(10)53(87)54(17-15-52(86)90-69-41(75)13-14-42(69)76)23-35(54)57-38(72)34-89-22-21-88-20-18-56-37(71)16-19-68-39(73)11-12-40(68)74/h11-12,35H,13-34H2,1-10H3,(H2,55,70)(H,56,71)(H,57,72). The molecule has 2 atom stereocenters. The van der Waals surface area contributed by atoms with Crippen molar-refractivity contribution in [2.45, 2.75) is 44.6 Å². The van der Waals surface area contributed by atoms with Crippen LogP contribution in [0.3, 0.4) is 0 Å². The number of nitrogens with zero attached hydrogens (tertiary/aromatic N) is 12. The number of carbonyl (C=O) groups excluding carboxylic acids is 18. The van der Waals surface area contributed by atoms with Crippen molar-refractivity contribution in [2.24, 2.45) is 11.1 Å². The van der Waals surface area contributed by atoms with E-state index in [2.05, 4.69) is 10.6 Å². The molecule has 2 fully saturated rings. The van der Waals surface area contributed by atoms with Gasteiger partial charge in [0.25, 0.3) is 23.6 Å². The summed E-state index contributed by atoms with van der Waals surface area (Å²) < 4.78 is 10.8. The van der Waals surface area contributed by atoms with E-state index >= 15 is 0 Å². The highest BCUT2D eigenvalue weighted by Gasteiger charge is 2.61. The molecule has 2 heterocycles. The van der Waals surface area contributed by atoms with Crippen LogP contribution in [-0.4, -0.2) is 347 Å². The first-order chi connectivity index (χ1) is 42.1. The SMILES string of the molecule is CN(CC(N)=O)C(=O)CN(C)C(=O)CN(C)C(=O)CN(C)C(=O)CN(C)C(=O)CN(C)C(=O)CN(C)C(=O)CN(C)C(=O)CN(C)C(=O)CN(C)C(=O)C1(CCC(=O)ON2C(=O)CCC2=O)CC1NC(=O)COCCOCCNC(=O)CCN1C(=O)C=CC1=O. The molecule has 36 nitrogen and oxygen atoms in total. The van der Waals surface area contributed by atoms with Crippen molar-refractivity contribution in [3.05, 3.63) is 12.2 Å². The van der Waals surface area contributed by atoms with E-state index in [-0.39, 0.29) is 71.6 Å². The Labute approximate surface area is 518 Å². The maximum atomic E-state index is 14.1. The maximum Gasteiger partial charge on any atom is 0.333 e. The van der Waals surface area contributed by atoms with Crippen LogP contribution in [0.1, 0.15) is 38.5 Å². The zero-order chi connectivity index (χ0) is 67.9. The fourth-order valence-corrected chi connectivity index (χ4v) is 8.47. The van der Waals surface area contributed by atoms with E-state index < -0.39 is 190 Å². The number of amides is 17. The van der Waals surface area contributed by atoms with E-state index in [9.17, 15) is 86.3 Å². The van der Waals surface area contributed by atoms with Gasteiger partial charge in [0.15, 0.2) is 0 Å². The van der Waals surface area contributed by atoms with Crippen molar-refractivity contribution in [3.63, 3.8) is 0 Å². The molecule has 3 rings (SSSR count). The van der Waals surface area contributed by atoms with Gasteiger partial charge in [-0.15, -0.1) is 5.06 Å². The van der Waals surface area contributed by atoms with Crippen LogP contribution in [0.15, 0.2) is 12.2 Å². The smallest absolute Gasteiger partial charge is 0.333 e. The van der Waals surface area contributed by atoms with Crippen molar-refractivity contribution in [1.82, 2.24) is 69.6 Å². The average molecular weight is 1280 g/mol. The lowest BCUT2D eigenvalue weighted by Crippen LogP contribution is -2.49. The van der Waals surface area contributed by atoms with Gasteiger partial charge in [0.05, 0.1) is 90.7 Å². The number of hydroxylamine groups is 2. The minimum absolute atomic E-state index is 0.00488. The molecule has 498 valence electrons. The summed E-state index contributed by atoms with van der Waals surface area (Å²) in [6, 6.07) is -0.876. The van der Waals surface area contributed by atoms with Crippen molar-refractivity contribution in [2.75, 3.05) is 175 Å². The molecule has 1 aliphatic carbocycles. The monoisotopic (exact) mass is 1280 g/mol. The molecule has 0 radical (unpaired) electrons. The molecule has 0 spiro atoms. The van der Waals surface area contributed by atoms with Gasteiger partial charge < -0.3 is 79.7 Å². The number of nitrogens with two attached hydrogens (primary N) is 1. The Morgan fingerprint density at radius 1 is 0.489 bits per heavy atom. The van der Waals surface area contributed by atoms with Gasteiger partial charge in [-0.25, -0.2) is 4.79 Å². The Morgan fingerprint density at radius 3 is 1.22 bits per heavy atom. The van der Waals surface area contributed by atoms with Gasteiger partial charge in [-0.1, -0.05) is 0 Å². The van der Waals surface area contributed by atoms with Gasteiger partial charge in [-0.2, -0.15) is 0 Å². The van der Waals surface area contributed by atoms with Crippen molar-refractivity contribution in [3.8, 4) is 0 Å². The number of imide groups is 2. The van der Waals surface area contributed by atoms with Gasteiger partial charge in [-0.3, -0.25) is 86.4 Å². The van der Waals surface area contributed by atoms with Crippen LogP contribution in [0.25, 0.3) is 0 Å². The second kappa shape index (κ2) is 34.9. The van der Waals surface area contributed by atoms with Crippen LogP contribution in [-0.2, 0) is 101 Å². The lowest BCUT2D eigenvalue weighted by Gasteiger charge is -2.28. The molecule has 1 saturated heterocycles. The fourth-order valence-electron chi connectivity index (χ4n) is 8.47. The molecular weight excluding hydrogens is 1190 g/mol. The number of hydrogen-bond donors (Lipinski definition) is 3. The van der Waals surface area contributed by atoms with Crippen LogP contribution < -0.4 is 16.4 Å². The normalized spacial score (nSPS) is 15.5. The summed E-state index contributed by atoms with van der Waals surface area (Å²) in [6.45, 7) is -5.37. The number of primary amides is 1. The summed E-state index contributed by atoms with van der Waals surface area (Å²) in [7, 11) is 12.9. The summed E-state index contributed by atoms with van der Waals surface area (Å²) in [5.41, 5.74) is 3.63. The molecule has 17 amide bonds. The number of hydrogen-bond acceptors (Lipinski definition) is 21. The summed E-state index contributed by atoms with van der Waals surface area (Å²) in [5.74, 6) is -12.0. The maximum absolute atomic E-state index is 14.1. The second-order valence-corrected chi connectivity index (χ2v) is 21.8. The molecule has 2 aliphatic heterocycles. The first-order valence-electron chi connectivity index (χ1n) is 28.1. The Morgan fingerprint density at radius 2 is 0.844 bits per heavy atom. The van der Waals surface area contributed by atoms with Gasteiger partial charge in [0.2, 0.25) is 76.8 Å². The third kappa shape index (κ3) is 23.6. The van der Waals surface area contributed by atoms with E-state index in [1.165, 1.54) is 70.5 Å². The molecule has 1 saturated carbocycles. The zero-order valence-corrected chi connectivity index (χ0v) is 52.3. The van der Waals surface area contributed by atoms with Gasteiger partial charge >= 0.3 is 5.97 Å². The minimum atomic E-state index is -1.47. The first-order valence-corrected chi connectivity index (χ1v) is 28.1. The molecule has 3 aliphatic rings. The molecule has 0 aromatic rings. The lowest BCUT2D eigenvalue weighted by atomic mass is 9.97. The fraction of sp³-hybridized carbons (Fsp3) is 0.630. The number of carbonyl (C=O) groups is 18. The molecule has 36 heteroatoms. The van der Waals surface area contributed by atoms with Gasteiger partial charge in [0.1, 0.15) is 6.61 Å². The number of rotatable bonds is 37. The third-order valence-corrected chi connectivity index (χ3v) is 14.4. The Hall–Kier alpha value is -9.48. The zero-order valence-electron chi connectivity index (χ0n) is 52.3. The van der Waals surface area contributed by atoms with Crippen molar-refractivity contribution < 1.29 is 101 Å². The van der Waals surface area contributed by atoms with Gasteiger partial charge in [0, 0.05) is 127 Å². The quantitative estimate of drug-likeness (QED) is 0.0384. The highest BCUT2D eigenvalue weighted by Crippen LogP contribution is 2.51. The van der Waals surface area contributed by atoms with Crippen LogP contribution in [0.2, 0.25) is 0 Å². The molecular formula is C54H81N15O21. The molecule has 0 bridgehead atoms. The van der Waals surface area contributed by atoms with Gasteiger partial charge in [-0.05, 0) is 12.8 Å². The number of likely N-dealkylation sites (N-methyl/N-ethyl adjacent to an activating group) is 10. The van der Waals surface area contributed by atoms with Crippen LogP contribution in [0.4, 0.5) is 0 Å². The summed E-state index contributed by atoms with van der Waals surface area (Å²) in [5, 5.41) is 5.60. The molecule has 2 unspecified atom stereocenters. The molecule has 4 N–H and O–H groups in total. The first kappa shape index (κ1) is 74.8. The topological polar surface area (TPSA) is 424 Å². The number of nitrogens with one attached hydrogen (secondary N) is 2. The predicted octanol–water partition coefficient (Wildman–Crippen LogP) is -8.22. The Kier molecular flexibility index (Phi) is 29.0. The lowest BCUT2D eigenvalue weighted by molar-refractivity contribution is -0.197. The van der Waals surface area contributed by atoms with Crippen LogP contribution in [0, 0.1) is 5.41 Å². The molecule has 90 heavy (non-hydrogen) atoms. The Bertz CT molecular complexity index is 2800. The number of ether oxygens (including phenoxy) is 2. The van der Waals surface area contributed by atoms with Crippen molar-refractivity contribution in [1.29, 1.82) is 0 Å². The van der Waals surface area contributed by atoms with E-state index in [1.54, 1.807) is 0 Å². The second-order valence-electron chi connectivity index (χ2n) is 21.8. The predicted molar refractivity (Wildman–Crippen MR) is 306 cm³/mol. The highest BCUT2D eigenvalue weighted by atomic mass is 16.7. The largest absolute Gasteiger partial charge is 0.377 e. The van der Waals surface area contributed by atoms with E-state index in [1.807, 2.05) is 0 Å². The highest BCUT2D eigenvalue weighted by molar-refractivity contribution is 6.13. The summed E-state index contributed by atoms with van der Waals surface area (Å²) >= 11 is 0. The van der Waals surface area contributed by atoms with E-state index in [4.69, 9.17) is 20.0 Å². The average Bonchev–Trinajstić information content (AvgIpc) is 1.62. The van der Waals surface area contributed by atoms with Crippen LogP contribution in [0.5, 0.6) is 0 Å². The van der Waals surface area contributed by atoms with E-state index in [0.29, 0.717) is 5.06 Å². The third-order valence-electron chi connectivity index (χ3n) is 14.4. The summed E-state index contributed by atoms with van der Waals surface area (Å²) in [6.07, 6.45) is 1.06. The minimum Gasteiger partial charge on any atom is -0.377 e. The van der Waals surface area contributed by atoms with E-state index in [0.717, 1.165) is 66.1 Å². The van der Waals surface area contributed by atoms with Crippen molar-refractivity contribution >= 4 is 106 Å². The molecule has 0 aromatic heterocycles. The Balaban J connectivity index is 1.44. The molecule has 0 aromatic carbocycles.